The molecular formula is C13H13N3O2. The maximum atomic E-state index is 11.6. The Kier molecular flexibility index (Phi) is 3.45. The van der Waals surface area contributed by atoms with Gasteiger partial charge in [0.05, 0.1) is 5.56 Å². The summed E-state index contributed by atoms with van der Waals surface area (Å²) in [4.78, 5) is 11.6. The predicted octanol–water partition coefficient (Wildman–Crippen LogP) is 1.66. The molecule has 2 aromatic carbocycles. The molecule has 2 aromatic rings. The van der Waals surface area contributed by atoms with Gasteiger partial charge < -0.3 is 10.5 Å². The van der Waals surface area contributed by atoms with Crippen molar-refractivity contribution in [1.29, 1.82) is 0 Å². The monoisotopic (exact) mass is 243 g/mol. The number of nitrogens with two attached hydrogens (primary N) is 2. The van der Waals surface area contributed by atoms with Gasteiger partial charge in [0.2, 0.25) is 0 Å². The van der Waals surface area contributed by atoms with Crippen molar-refractivity contribution in [1.82, 2.24) is 5.43 Å². The number of hydrogen-bond acceptors (Lipinski definition) is 4. The van der Waals surface area contributed by atoms with Crippen molar-refractivity contribution < 1.29 is 9.53 Å². The van der Waals surface area contributed by atoms with Crippen LogP contribution in [0.25, 0.3) is 0 Å². The lowest BCUT2D eigenvalue weighted by Gasteiger charge is -2.10. The van der Waals surface area contributed by atoms with Crippen LogP contribution in [0.5, 0.6) is 11.5 Å². The fourth-order valence-corrected chi connectivity index (χ4v) is 1.51. The Bertz CT molecular complexity index is 555. The SMILES string of the molecule is NNC(=O)c1cc(N)ccc1Oc1ccccc1. The molecule has 0 spiro atoms. The van der Waals surface area contributed by atoms with Crippen molar-refractivity contribution in [3.05, 3.63) is 54.1 Å². The molecule has 2 rings (SSSR count). The van der Waals surface area contributed by atoms with E-state index in [4.69, 9.17) is 16.3 Å². The van der Waals surface area contributed by atoms with Gasteiger partial charge in [-0.3, -0.25) is 10.2 Å². The highest BCUT2D eigenvalue weighted by atomic mass is 16.5. The number of para-hydroxylation sites is 1. The van der Waals surface area contributed by atoms with Crippen molar-refractivity contribution in [3.8, 4) is 11.5 Å². The van der Waals surface area contributed by atoms with Gasteiger partial charge in [-0.05, 0) is 30.3 Å². The molecule has 0 atom stereocenters. The van der Waals surface area contributed by atoms with Crippen LogP contribution in [-0.2, 0) is 0 Å². The van der Waals surface area contributed by atoms with E-state index in [-0.39, 0.29) is 0 Å². The van der Waals surface area contributed by atoms with E-state index in [1.165, 1.54) is 6.07 Å². The van der Waals surface area contributed by atoms with Gasteiger partial charge in [-0.2, -0.15) is 0 Å². The highest BCUT2D eigenvalue weighted by Gasteiger charge is 2.12. The predicted molar refractivity (Wildman–Crippen MR) is 69.0 cm³/mol. The molecule has 18 heavy (non-hydrogen) atoms. The van der Waals surface area contributed by atoms with Gasteiger partial charge in [0, 0.05) is 5.69 Å². The van der Waals surface area contributed by atoms with Crippen LogP contribution in [0.15, 0.2) is 48.5 Å². The minimum atomic E-state index is -0.451. The zero-order valence-corrected chi connectivity index (χ0v) is 9.59. The molecule has 0 radical (unpaired) electrons. The average molecular weight is 243 g/mol. The lowest BCUT2D eigenvalue weighted by Crippen LogP contribution is -2.30. The van der Waals surface area contributed by atoms with E-state index < -0.39 is 5.91 Å². The molecule has 0 saturated heterocycles. The number of hydrogen-bond donors (Lipinski definition) is 3. The van der Waals surface area contributed by atoms with Crippen LogP contribution in [0.4, 0.5) is 5.69 Å². The molecule has 0 aliphatic carbocycles. The number of hydrazine groups is 1. The fraction of sp³-hybridized carbons (Fsp3) is 0. The van der Waals surface area contributed by atoms with Gasteiger partial charge in [0.15, 0.2) is 0 Å². The van der Waals surface area contributed by atoms with Crippen LogP contribution >= 0.6 is 0 Å². The van der Waals surface area contributed by atoms with E-state index in [2.05, 4.69) is 5.43 Å². The van der Waals surface area contributed by atoms with Crippen molar-refractivity contribution in [2.24, 2.45) is 5.84 Å². The number of nitrogen functional groups attached to an aromatic ring is 2. The largest absolute Gasteiger partial charge is 0.457 e. The Hall–Kier alpha value is -2.53. The van der Waals surface area contributed by atoms with Crippen LogP contribution in [-0.4, -0.2) is 5.91 Å². The first-order valence-corrected chi connectivity index (χ1v) is 5.34. The summed E-state index contributed by atoms with van der Waals surface area (Å²) >= 11 is 0. The minimum absolute atomic E-state index is 0.293. The van der Waals surface area contributed by atoms with Gasteiger partial charge in [-0.1, -0.05) is 18.2 Å². The molecule has 1 amide bonds. The number of ether oxygens (including phenoxy) is 1. The van der Waals surface area contributed by atoms with Crippen molar-refractivity contribution in [2.45, 2.75) is 0 Å². The first kappa shape index (κ1) is 11.9. The van der Waals surface area contributed by atoms with Crippen molar-refractivity contribution in [3.63, 3.8) is 0 Å². The van der Waals surface area contributed by atoms with Crippen LogP contribution in [0.1, 0.15) is 10.4 Å². The molecule has 92 valence electrons. The Morgan fingerprint density at radius 3 is 2.50 bits per heavy atom. The number of carbonyl (C=O) groups excluding carboxylic acids is 1. The summed E-state index contributed by atoms with van der Waals surface area (Å²) < 4.78 is 5.62. The van der Waals surface area contributed by atoms with Crippen LogP contribution < -0.4 is 21.7 Å². The second kappa shape index (κ2) is 5.20. The highest BCUT2D eigenvalue weighted by molar-refractivity contribution is 5.97. The van der Waals surface area contributed by atoms with E-state index in [0.29, 0.717) is 22.7 Å². The lowest BCUT2D eigenvalue weighted by molar-refractivity contribution is 0.0951. The molecule has 0 heterocycles. The highest BCUT2D eigenvalue weighted by Crippen LogP contribution is 2.26. The Balaban J connectivity index is 2.35. The minimum Gasteiger partial charge on any atom is -0.457 e. The van der Waals surface area contributed by atoms with Gasteiger partial charge >= 0.3 is 0 Å². The van der Waals surface area contributed by atoms with Gasteiger partial charge in [0.25, 0.3) is 5.91 Å². The molecule has 0 aliphatic heterocycles. The molecule has 0 aromatic heterocycles. The Labute approximate surface area is 104 Å². The summed E-state index contributed by atoms with van der Waals surface area (Å²) in [5, 5.41) is 0. The topological polar surface area (TPSA) is 90.4 Å². The molecule has 5 nitrogen and oxygen atoms in total. The zero-order valence-electron chi connectivity index (χ0n) is 9.59. The smallest absolute Gasteiger partial charge is 0.269 e. The van der Waals surface area contributed by atoms with E-state index in [1.54, 1.807) is 24.3 Å². The molecule has 0 bridgehead atoms. The zero-order chi connectivity index (χ0) is 13.0. The maximum absolute atomic E-state index is 11.6. The Morgan fingerprint density at radius 2 is 1.83 bits per heavy atom. The summed E-state index contributed by atoms with van der Waals surface area (Å²) in [6.45, 7) is 0. The molecule has 0 aliphatic rings. The fourth-order valence-electron chi connectivity index (χ4n) is 1.51. The van der Waals surface area contributed by atoms with E-state index in [9.17, 15) is 4.79 Å². The molecule has 0 unspecified atom stereocenters. The molecule has 0 fully saturated rings. The van der Waals surface area contributed by atoms with E-state index in [1.807, 2.05) is 18.2 Å². The quantitative estimate of drug-likeness (QED) is 0.331. The molecule has 0 saturated carbocycles. The van der Waals surface area contributed by atoms with Gasteiger partial charge in [-0.15, -0.1) is 0 Å². The van der Waals surface area contributed by atoms with Gasteiger partial charge in [0.1, 0.15) is 11.5 Å². The standard InChI is InChI=1S/C13H13N3O2/c14-9-6-7-12(11(8-9)13(17)16-15)18-10-4-2-1-3-5-10/h1-8H,14-15H2,(H,16,17). The molecular weight excluding hydrogens is 230 g/mol. The lowest BCUT2D eigenvalue weighted by atomic mass is 10.1. The average Bonchev–Trinajstić information content (AvgIpc) is 2.41. The number of rotatable bonds is 3. The third-order valence-electron chi connectivity index (χ3n) is 2.35. The second-order valence-electron chi connectivity index (χ2n) is 3.64. The number of carbonyl (C=O) groups is 1. The summed E-state index contributed by atoms with van der Waals surface area (Å²) in [6, 6.07) is 14.0. The van der Waals surface area contributed by atoms with Gasteiger partial charge in [-0.25, -0.2) is 5.84 Å². The van der Waals surface area contributed by atoms with E-state index in [0.717, 1.165) is 0 Å². The summed E-state index contributed by atoms with van der Waals surface area (Å²) in [5.74, 6) is 5.70. The van der Waals surface area contributed by atoms with Crippen molar-refractivity contribution >= 4 is 11.6 Å². The van der Waals surface area contributed by atoms with Crippen LogP contribution in [0.3, 0.4) is 0 Å². The number of amides is 1. The summed E-state index contributed by atoms with van der Waals surface area (Å²) in [7, 11) is 0. The van der Waals surface area contributed by atoms with Crippen LogP contribution in [0, 0.1) is 0 Å². The van der Waals surface area contributed by atoms with E-state index >= 15 is 0 Å². The summed E-state index contributed by atoms with van der Waals surface area (Å²) in [6.07, 6.45) is 0. The Morgan fingerprint density at radius 1 is 1.11 bits per heavy atom. The summed E-state index contributed by atoms with van der Waals surface area (Å²) in [5.41, 5.74) is 8.46. The second-order valence-corrected chi connectivity index (χ2v) is 3.64. The van der Waals surface area contributed by atoms with Crippen molar-refractivity contribution in [2.75, 3.05) is 5.73 Å². The normalized spacial score (nSPS) is 9.83. The number of benzene rings is 2. The number of anilines is 1. The number of nitrogens with one attached hydrogen (secondary N) is 1. The third kappa shape index (κ3) is 2.58. The maximum Gasteiger partial charge on any atom is 0.269 e. The first-order chi connectivity index (χ1) is 8.70. The molecule has 5 heteroatoms. The third-order valence-corrected chi connectivity index (χ3v) is 2.35. The molecule has 5 N–H and O–H groups in total. The van der Waals surface area contributed by atoms with Crippen LogP contribution in [0.2, 0.25) is 0 Å². The first-order valence-electron chi connectivity index (χ1n) is 5.34.